The summed E-state index contributed by atoms with van der Waals surface area (Å²) in [5, 5.41) is 3.56. The summed E-state index contributed by atoms with van der Waals surface area (Å²) in [6.45, 7) is 26.9. The predicted octanol–water partition coefficient (Wildman–Crippen LogP) is 13.0. The zero-order valence-electron chi connectivity index (χ0n) is 41.6. The molecular formula is C52H99Cl3N4O3. The molecule has 3 fully saturated rings. The zero-order chi connectivity index (χ0) is 43.4. The van der Waals surface area contributed by atoms with Crippen molar-refractivity contribution in [1.29, 1.82) is 0 Å². The number of esters is 1. The van der Waals surface area contributed by atoms with Crippen LogP contribution in [0.3, 0.4) is 0 Å². The van der Waals surface area contributed by atoms with Crippen molar-refractivity contribution in [2.75, 3.05) is 26.2 Å². The summed E-state index contributed by atoms with van der Waals surface area (Å²) >= 11 is 0. The number of nitrogens with two attached hydrogens (primary N) is 2. The third-order valence-corrected chi connectivity index (χ3v) is 18.2. The highest BCUT2D eigenvalue weighted by Crippen LogP contribution is 2.67. The van der Waals surface area contributed by atoms with Crippen molar-refractivity contribution in [3.63, 3.8) is 0 Å². The topological polar surface area (TPSA) is 111 Å². The van der Waals surface area contributed by atoms with Gasteiger partial charge in [0.2, 0.25) is 5.91 Å². The molecule has 0 aromatic carbocycles. The molecule has 0 spiro atoms. The lowest BCUT2D eigenvalue weighted by Gasteiger charge is -2.58. The first-order chi connectivity index (χ1) is 28.0. The number of hydrogen-bond donors (Lipinski definition) is 3. The van der Waals surface area contributed by atoms with Crippen LogP contribution < -0.4 is 16.8 Å². The maximum absolute atomic E-state index is 13.6. The Kier molecular flexibility index (Phi) is 26.2. The van der Waals surface area contributed by atoms with Crippen molar-refractivity contribution in [1.82, 2.24) is 10.2 Å². The average Bonchev–Trinajstić information content (AvgIpc) is 3.58. The lowest BCUT2D eigenvalue weighted by Crippen LogP contribution is -2.51. The first-order valence-corrected chi connectivity index (χ1v) is 25.5. The van der Waals surface area contributed by atoms with Crippen molar-refractivity contribution in [3.8, 4) is 0 Å². The summed E-state index contributed by atoms with van der Waals surface area (Å²) in [7, 11) is 0. The Morgan fingerprint density at radius 3 is 2.10 bits per heavy atom. The largest absolute Gasteiger partial charge is 0.462 e. The summed E-state index contributed by atoms with van der Waals surface area (Å²) in [4.78, 5) is 28.8. The molecule has 5 N–H and O–H groups in total. The maximum Gasteiger partial charge on any atom is 0.306 e. The molecule has 9 atom stereocenters. The van der Waals surface area contributed by atoms with Crippen LogP contribution in [0.15, 0.2) is 11.6 Å². The number of halogens is 3. The van der Waals surface area contributed by atoms with E-state index in [-0.39, 0.29) is 71.7 Å². The molecule has 366 valence electrons. The first-order valence-electron chi connectivity index (χ1n) is 25.5. The predicted molar refractivity (Wildman–Crippen MR) is 271 cm³/mol. The van der Waals surface area contributed by atoms with E-state index >= 15 is 0 Å². The van der Waals surface area contributed by atoms with E-state index in [9.17, 15) is 9.59 Å². The highest BCUT2D eigenvalue weighted by atomic mass is 35.5. The van der Waals surface area contributed by atoms with Crippen molar-refractivity contribution < 1.29 is 14.3 Å². The average molecular weight is 935 g/mol. The minimum atomic E-state index is -0.247. The fourth-order valence-electron chi connectivity index (χ4n) is 13.1. The van der Waals surface area contributed by atoms with E-state index in [1.165, 1.54) is 51.4 Å². The summed E-state index contributed by atoms with van der Waals surface area (Å²) in [6.07, 6.45) is 25.2. The molecular weight excluding hydrogens is 835 g/mol. The molecule has 4 aliphatic rings. The van der Waals surface area contributed by atoms with Gasteiger partial charge in [-0.15, -0.1) is 37.2 Å². The molecule has 0 saturated heterocycles. The highest BCUT2D eigenvalue weighted by molar-refractivity contribution is 5.86. The van der Waals surface area contributed by atoms with Crippen LogP contribution in [0.2, 0.25) is 0 Å². The van der Waals surface area contributed by atoms with Gasteiger partial charge in [-0.05, 0) is 174 Å². The molecule has 7 nitrogen and oxygen atoms in total. The smallest absolute Gasteiger partial charge is 0.306 e. The van der Waals surface area contributed by atoms with E-state index in [1.807, 2.05) is 4.90 Å². The Morgan fingerprint density at radius 1 is 0.806 bits per heavy atom. The number of nitrogens with one attached hydrogen (secondary N) is 1. The number of carbonyl (C=O) groups is 2. The van der Waals surface area contributed by atoms with E-state index in [1.54, 1.807) is 5.57 Å². The van der Waals surface area contributed by atoms with Crippen molar-refractivity contribution in [2.45, 2.75) is 228 Å². The van der Waals surface area contributed by atoms with Gasteiger partial charge in [0, 0.05) is 43.4 Å². The molecule has 0 aliphatic heterocycles. The molecule has 10 heteroatoms. The lowest BCUT2D eigenvalue weighted by atomic mass is 9.47. The number of rotatable bonds is 26. The van der Waals surface area contributed by atoms with Gasteiger partial charge in [0.15, 0.2) is 0 Å². The Hall–Kier alpha value is -0.570. The number of nitrogens with zero attached hydrogens (tertiary/aromatic N) is 1. The second-order valence-electron chi connectivity index (χ2n) is 21.6. The van der Waals surface area contributed by atoms with E-state index in [0.29, 0.717) is 31.2 Å². The Labute approximate surface area is 401 Å². The van der Waals surface area contributed by atoms with E-state index in [2.05, 4.69) is 80.6 Å². The SMILES string of the molecule is CCC(CCC(C)[C@H]1CC[C@H]2[C@@H]3CC=C4C[C@@H](OC(=O)CCCC(=O)N(CCCCNCCC(N)(CC)CC)CCC(N)(CC)CC)CC[C@]4(C)[C@H]3CC[C@]12C)C(C)C.Cl.Cl.Cl. The molecule has 0 radical (unpaired) electrons. The number of amides is 1. The van der Waals surface area contributed by atoms with Crippen LogP contribution in [-0.2, 0) is 14.3 Å². The summed E-state index contributed by atoms with van der Waals surface area (Å²) in [6, 6.07) is 0. The van der Waals surface area contributed by atoms with Crippen LogP contribution >= 0.6 is 37.2 Å². The minimum Gasteiger partial charge on any atom is -0.462 e. The number of allylic oxidation sites excluding steroid dienone is 1. The van der Waals surface area contributed by atoms with Gasteiger partial charge in [-0.3, -0.25) is 9.59 Å². The maximum atomic E-state index is 13.6. The molecule has 4 rings (SSSR count). The first kappa shape index (κ1) is 59.4. The molecule has 0 bridgehead atoms. The third-order valence-electron chi connectivity index (χ3n) is 18.2. The van der Waals surface area contributed by atoms with E-state index in [0.717, 1.165) is 132 Å². The molecule has 0 heterocycles. The molecule has 0 aromatic heterocycles. The molecule has 62 heavy (non-hydrogen) atoms. The van der Waals surface area contributed by atoms with Crippen molar-refractivity contribution >= 4 is 49.1 Å². The monoisotopic (exact) mass is 933 g/mol. The van der Waals surface area contributed by atoms with Gasteiger partial charge in [0.25, 0.3) is 0 Å². The summed E-state index contributed by atoms with van der Waals surface area (Å²) in [5.41, 5.74) is 15.1. The molecule has 0 aromatic rings. The standard InChI is InChI=1S/C52H96N4O3.3ClH/c1-11-40(38(6)7)22-21-39(8)44-25-26-45-43-24-23-41-37-42(27-29-49(41,9)46(43)28-30-50(44,45)10)59-48(58)20-18-19-47(57)56(36-32-52(54,14-4)15-5)35-17-16-33-55-34-31-51(53,12-2)13-3;;;/h23,38-40,42-46,55H,11-22,24-37,53-54H2,1-10H3;3*1H/t39?,40?,42-,43-,44+,45-,46-,49-,50+;;;/m0.../s1. The second-order valence-corrected chi connectivity index (χ2v) is 21.6. The number of carbonyl (C=O) groups excluding carboxylic acids is 2. The minimum absolute atomic E-state index is 0. The molecule has 3 saturated carbocycles. The van der Waals surface area contributed by atoms with E-state index in [4.69, 9.17) is 16.2 Å². The van der Waals surface area contributed by atoms with Gasteiger partial charge in [0.1, 0.15) is 6.10 Å². The Balaban J connectivity index is 0.00000641. The van der Waals surface area contributed by atoms with Crippen LogP contribution in [0.1, 0.15) is 210 Å². The van der Waals surface area contributed by atoms with Crippen LogP contribution in [0, 0.1) is 52.3 Å². The van der Waals surface area contributed by atoms with Crippen LogP contribution in [0.4, 0.5) is 0 Å². The fraction of sp³-hybridized carbons (Fsp3) is 0.923. The normalized spacial score (nSPS) is 27.9. The quantitative estimate of drug-likeness (QED) is 0.0453. The van der Waals surface area contributed by atoms with Crippen LogP contribution in [0.5, 0.6) is 0 Å². The molecule has 2 unspecified atom stereocenters. The van der Waals surface area contributed by atoms with Gasteiger partial charge in [-0.25, -0.2) is 0 Å². The zero-order valence-corrected chi connectivity index (χ0v) is 44.1. The van der Waals surface area contributed by atoms with Gasteiger partial charge < -0.3 is 26.4 Å². The number of ether oxygens (including phenoxy) is 1. The third kappa shape index (κ3) is 15.2. The summed E-state index contributed by atoms with van der Waals surface area (Å²) in [5.74, 6) is 5.78. The summed E-state index contributed by atoms with van der Waals surface area (Å²) < 4.78 is 6.18. The fourth-order valence-corrected chi connectivity index (χ4v) is 13.1. The van der Waals surface area contributed by atoms with Crippen LogP contribution in [-0.4, -0.2) is 60.1 Å². The number of hydrogen-bond acceptors (Lipinski definition) is 6. The van der Waals surface area contributed by atoms with Gasteiger partial charge in [-0.1, -0.05) is 93.7 Å². The lowest BCUT2D eigenvalue weighted by molar-refractivity contribution is -0.151. The highest BCUT2D eigenvalue weighted by Gasteiger charge is 2.59. The van der Waals surface area contributed by atoms with Crippen molar-refractivity contribution in [3.05, 3.63) is 11.6 Å². The van der Waals surface area contributed by atoms with Crippen molar-refractivity contribution in [2.24, 2.45) is 63.7 Å². The Bertz CT molecular complexity index is 1340. The molecule has 1 amide bonds. The van der Waals surface area contributed by atoms with Gasteiger partial charge >= 0.3 is 5.97 Å². The number of unbranched alkanes of at least 4 members (excludes halogenated alkanes) is 1. The Morgan fingerprint density at radius 2 is 1.47 bits per heavy atom. The van der Waals surface area contributed by atoms with Gasteiger partial charge in [0.05, 0.1) is 0 Å². The second kappa shape index (κ2) is 27.3. The van der Waals surface area contributed by atoms with E-state index < -0.39 is 0 Å². The molecule has 4 aliphatic carbocycles. The van der Waals surface area contributed by atoms with Crippen LogP contribution in [0.25, 0.3) is 0 Å². The number of fused-ring (bicyclic) bond motifs is 5. The van der Waals surface area contributed by atoms with Gasteiger partial charge in [-0.2, -0.15) is 0 Å².